The standard InChI is InChI=1S/C8H12F3N3O/c1-2-14-4-3-12-7(14)13-5-6(15)8(9,10)11/h3-4,6,15H,2,5H2,1H3,(H,12,13). The number of hydrogen-bond acceptors (Lipinski definition) is 3. The van der Waals surface area contributed by atoms with Gasteiger partial charge in [-0.05, 0) is 6.92 Å². The van der Waals surface area contributed by atoms with Crippen LogP contribution in [-0.2, 0) is 6.54 Å². The number of halogens is 3. The summed E-state index contributed by atoms with van der Waals surface area (Å²) in [5.74, 6) is 0.320. The predicted molar refractivity (Wildman–Crippen MR) is 48.5 cm³/mol. The van der Waals surface area contributed by atoms with Gasteiger partial charge in [0.05, 0.1) is 6.54 Å². The average molecular weight is 223 g/mol. The van der Waals surface area contributed by atoms with Gasteiger partial charge in [0.15, 0.2) is 6.10 Å². The molecule has 86 valence electrons. The molecule has 4 nitrogen and oxygen atoms in total. The number of aliphatic hydroxyl groups is 1. The van der Waals surface area contributed by atoms with Crippen LogP contribution in [-0.4, -0.2) is 33.5 Å². The van der Waals surface area contributed by atoms with E-state index in [1.54, 1.807) is 10.8 Å². The topological polar surface area (TPSA) is 50.1 Å². The average Bonchev–Trinajstić information content (AvgIpc) is 2.59. The van der Waals surface area contributed by atoms with Crippen LogP contribution >= 0.6 is 0 Å². The van der Waals surface area contributed by atoms with Gasteiger partial charge in [0.1, 0.15) is 0 Å². The van der Waals surface area contributed by atoms with Crippen molar-refractivity contribution in [2.24, 2.45) is 0 Å². The van der Waals surface area contributed by atoms with Gasteiger partial charge < -0.3 is 15.0 Å². The molecule has 7 heteroatoms. The van der Waals surface area contributed by atoms with Gasteiger partial charge in [-0.15, -0.1) is 0 Å². The lowest BCUT2D eigenvalue weighted by atomic mass is 10.3. The van der Waals surface area contributed by atoms with Gasteiger partial charge in [-0.2, -0.15) is 13.2 Å². The molecule has 0 fully saturated rings. The van der Waals surface area contributed by atoms with E-state index in [4.69, 9.17) is 5.11 Å². The Labute approximate surface area is 84.7 Å². The second kappa shape index (κ2) is 4.52. The highest BCUT2D eigenvalue weighted by Gasteiger charge is 2.37. The Morgan fingerprint density at radius 2 is 2.27 bits per heavy atom. The van der Waals surface area contributed by atoms with Crippen molar-refractivity contribution in [3.05, 3.63) is 12.4 Å². The molecule has 2 N–H and O–H groups in total. The van der Waals surface area contributed by atoms with Crippen LogP contribution in [0.5, 0.6) is 0 Å². The molecule has 1 atom stereocenters. The number of nitrogens with zero attached hydrogens (tertiary/aromatic N) is 2. The van der Waals surface area contributed by atoms with Crippen LogP contribution in [0.2, 0.25) is 0 Å². The molecular formula is C8H12F3N3O. The van der Waals surface area contributed by atoms with Crippen LogP contribution in [0.1, 0.15) is 6.92 Å². The van der Waals surface area contributed by atoms with E-state index in [1.165, 1.54) is 6.20 Å². The summed E-state index contributed by atoms with van der Waals surface area (Å²) < 4.78 is 37.5. The van der Waals surface area contributed by atoms with Crippen molar-refractivity contribution in [3.8, 4) is 0 Å². The van der Waals surface area contributed by atoms with Crippen LogP contribution in [0.15, 0.2) is 12.4 Å². The molecule has 0 saturated heterocycles. The molecule has 15 heavy (non-hydrogen) atoms. The number of alkyl halides is 3. The third-order valence-corrected chi connectivity index (χ3v) is 1.89. The molecule has 0 spiro atoms. The zero-order valence-corrected chi connectivity index (χ0v) is 8.12. The second-order valence-corrected chi connectivity index (χ2v) is 2.98. The van der Waals surface area contributed by atoms with Gasteiger partial charge in [0.25, 0.3) is 0 Å². The van der Waals surface area contributed by atoms with Gasteiger partial charge in [0.2, 0.25) is 5.95 Å². The Hall–Kier alpha value is -1.24. The van der Waals surface area contributed by atoms with E-state index >= 15 is 0 Å². The van der Waals surface area contributed by atoms with E-state index in [-0.39, 0.29) is 0 Å². The molecule has 0 aromatic carbocycles. The monoisotopic (exact) mass is 223 g/mol. The molecule has 0 aliphatic carbocycles. The zero-order chi connectivity index (χ0) is 11.5. The Balaban J connectivity index is 2.50. The van der Waals surface area contributed by atoms with Crippen molar-refractivity contribution >= 4 is 5.95 Å². The van der Waals surface area contributed by atoms with Crippen molar-refractivity contribution in [2.45, 2.75) is 25.7 Å². The van der Waals surface area contributed by atoms with Crippen molar-refractivity contribution in [1.82, 2.24) is 9.55 Å². The highest BCUT2D eigenvalue weighted by Crippen LogP contribution is 2.20. The van der Waals surface area contributed by atoms with Gasteiger partial charge in [-0.3, -0.25) is 0 Å². The molecule has 0 bridgehead atoms. The van der Waals surface area contributed by atoms with E-state index < -0.39 is 18.8 Å². The fourth-order valence-electron chi connectivity index (χ4n) is 1.04. The number of imidazole rings is 1. The predicted octanol–water partition coefficient (Wildman–Crippen LogP) is 1.24. The lowest BCUT2D eigenvalue weighted by Crippen LogP contribution is -2.35. The van der Waals surface area contributed by atoms with Crippen molar-refractivity contribution in [3.63, 3.8) is 0 Å². The summed E-state index contributed by atoms with van der Waals surface area (Å²) in [6, 6.07) is 0. The molecule has 0 amide bonds. The summed E-state index contributed by atoms with van der Waals surface area (Å²) in [4.78, 5) is 3.81. The van der Waals surface area contributed by atoms with Crippen molar-refractivity contribution < 1.29 is 18.3 Å². The number of aliphatic hydroxyl groups excluding tert-OH is 1. The minimum atomic E-state index is -4.60. The highest BCUT2D eigenvalue weighted by molar-refractivity contribution is 5.25. The van der Waals surface area contributed by atoms with Crippen LogP contribution in [0.4, 0.5) is 19.1 Å². The molecule has 0 aliphatic rings. The third-order valence-electron chi connectivity index (χ3n) is 1.89. The summed E-state index contributed by atoms with van der Waals surface area (Å²) in [5.41, 5.74) is 0. The van der Waals surface area contributed by atoms with E-state index in [2.05, 4.69) is 10.3 Å². The minimum Gasteiger partial charge on any atom is -0.382 e. The van der Waals surface area contributed by atoms with Gasteiger partial charge in [-0.25, -0.2) is 4.98 Å². The Kier molecular flexibility index (Phi) is 3.57. The van der Waals surface area contributed by atoms with Gasteiger partial charge >= 0.3 is 6.18 Å². The summed E-state index contributed by atoms with van der Waals surface area (Å²) in [5, 5.41) is 11.2. The van der Waals surface area contributed by atoms with Crippen LogP contribution in [0.25, 0.3) is 0 Å². The first-order valence-electron chi connectivity index (χ1n) is 4.45. The first kappa shape index (κ1) is 11.8. The molecular weight excluding hydrogens is 211 g/mol. The minimum absolute atomic E-state index is 0.320. The fraction of sp³-hybridized carbons (Fsp3) is 0.625. The second-order valence-electron chi connectivity index (χ2n) is 2.98. The third kappa shape index (κ3) is 3.12. The maximum absolute atomic E-state index is 11.9. The van der Waals surface area contributed by atoms with E-state index in [0.717, 1.165) is 0 Å². The molecule has 0 aliphatic heterocycles. The van der Waals surface area contributed by atoms with Crippen molar-refractivity contribution in [2.75, 3.05) is 11.9 Å². The largest absolute Gasteiger partial charge is 0.416 e. The Morgan fingerprint density at radius 1 is 1.60 bits per heavy atom. The molecule has 1 heterocycles. The lowest BCUT2D eigenvalue weighted by molar-refractivity contribution is -0.198. The quantitative estimate of drug-likeness (QED) is 0.807. The number of hydrogen-bond donors (Lipinski definition) is 2. The lowest BCUT2D eigenvalue weighted by Gasteiger charge is -2.15. The molecule has 0 saturated carbocycles. The summed E-state index contributed by atoms with van der Waals surface area (Å²) in [6.45, 7) is 1.85. The first-order chi connectivity index (χ1) is 6.95. The van der Waals surface area contributed by atoms with E-state index in [0.29, 0.717) is 12.5 Å². The molecule has 1 rings (SSSR count). The maximum Gasteiger partial charge on any atom is 0.416 e. The smallest absolute Gasteiger partial charge is 0.382 e. The summed E-state index contributed by atoms with van der Waals surface area (Å²) >= 11 is 0. The Bertz CT molecular complexity index is 310. The van der Waals surface area contributed by atoms with Crippen molar-refractivity contribution in [1.29, 1.82) is 0 Å². The summed E-state index contributed by atoms with van der Waals surface area (Å²) in [6.07, 6.45) is -3.86. The van der Waals surface area contributed by atoms with E-state index in [1.807, 2.05) is 6.92 Å². The number of nitrogens with one attached hydrogen (secondary N) is 1. The number of anilines is 1. The zero-order valence-electron chi connectivity index (χ0n) is 8.12. The number of aromatic nitrogens is 2. The Morgan fingerprint density at radius 3 is 2.80 bits per heavy atom. The maximum atomic E-state index is 11.9. The van der Waals surface area contributed by atoms with Gasteiger partial charge in [0, 0.05) is 18.9 Å². The van der Waals surface area contributed by atoms with E-state index in [9.17, 15) is 13.2 Å². The van der Waals surface area contributed by atoms with Crippen LogP contribution < -0.4 is 5.32 Å². The van der Waals surface area contributed by atoms with Crippen LogP contribution in [0, 0.1) is 0 Å². The number of aryl methyl sites for hydroxylation is 1. The molecule has 1 unspecified atom stereocenters. The fourth-order valence-corrected chi connectivity index (χ4v) is 1.04. The first-order valence-corrected chi connectivity index (χ1v) is 4.45. The molecule has 0 radical (unpaired) electrons. The van der Waals surface area contributed by atoms with Crippen LogP contribution in [0.3, 0.4) is 0 Å². The normalized spacial score (nSPS) is 13.9. The molecule has 1 aromatic heterocycles. The molecule has 1 aromatic rings. The summed E-state index contributed by atoms with van der Waals surface area (Å²) in [7, 11) is 0. The number of rotatable bonds is 4. The van der Waals surface area contributed by atoms with Gasteiger partial charge in [-0.1, -0.05) is 0 Å². The SMILES string of the molecule is CCn1ccnc1NCC(O)C(F)(F)F. The highest BCUT2D eigenvalue weighted by atomic mass is 19.4.